The average Bonchev–Trinajstić information content (AvgIpc) is 4.00. The first-order valence-corrected chi connectivity index (χ1v) is 22.3. The molecule has 0 aliphatic heterocycles. The van der Waals surface area contributed by atoms with E-state index in [4.69, 9.17) is 8.83 Å². The zero-order valence-electron chi connectivity index (χ0n) is 35.6. The van der Waals surface area contributed by atoms with Crippen molar-refractivity contribution in [3.05, 3.63) is 240 Å². The van der Waals surface area contributed by atoms with Crippen LogP contribution in [0.15, 0.2) is 221 Å². The van der Waals surface area contributed by atoms with Gasteiger partial charge in [-0.15, -0.1) is 0 Å². The van der Waals surface area contributed by atoms with Gasteiger partial charge in [0.25, 0.3) is 0 Å². The third kappa shape index (κ3) is 5.39. The second-order valence-corrected chi connectivity index (χ2v) is 17.9. The molecule has 2 aromatic heterocycles. The first kappa shape index (κ1) is 36.7. The van der Waals surface area contributed by atoms with Crippen LogP contribution in [0.3, 0.4) is 0 Å². The molecule has 1 aliphatic rings. The molecule has 0 saturated heterocycles. The molecule has 1 unspecified atom stereocenters. The average molecular weight is 819 g/mol. The molecule has 1 atom stereocenters. The van der Waals surface area contributed by atoms with Crippen LogP contribution in [0, 0.1) is 0 Å². The normalized spacial score (nSPS) is 13.5. The van der Waals surface area contributed by atoms with Gasteiger partial charge in [-0.2, -0.15) is 0 Å². The molecule has 0 bridgehead atoms. The van der Waals surface area contributed by atoms with Gasteiger partial charge in [-0.1, -0.05) is 208 Å². The van der Waals surface area contributed by atoms with Crippen LogP contribution in [0.25, 0.3) is 99.2 Å². The van der Waals surface area contributed by atoms with Gasteiger partial charge >= 0.3 is 0 Å². The van der Waals surface area contributed by atoms with E-state index in [9.17, 15) is 0 Å². The maximum atomic E-state index is 6.82. The van der Waals surface area contributed by atoms with E-state index in [2.05, 4.69) is 226 Å². The van der Waals surface area contributed by atoms with Crippen molar-refractivity contribution in [2.45, 2.75) is 25.2 Å². The highest BCUT2D eigenvalue weighted by Gasteiger charge is 2.40. The van der Waals surface area contributed by atoms with Crippen molar-refractivity contribution in [3.63, 3.8) is 0 Å². The number of benzene rings is 10. The third-order valence-electron chi connectivity index (χ3n) is 14.0. The Kier molecular flexibility index (Phi) is 8.05. The largest absolute Gasteiger partial charge is 0.455 e. The Morgan fingerprint density at radius 1 is 0.359 bits per heavy atom. The van der Waals surface area contributed by atoms with Crippen molar-refractivity contribution < 1.29 is 8.83 Å². The first-order valence-electron chi connectivity index (χ1n) is 22.3. The zero-order valence-corrected chi connectivity index (χ0v) is 35.6. The summed E-state index contributed by atoms with van der Waals surface area (Å²) >= 11 is 0. The second kappa shape index (κ2) is 14.0. The van der Waals surface area contributed by atoms with Crippen molar-refractivity contribution >= 4 is 54.6 Å². The van der Waals surface area contributed by atoms with Gasteiger partial charge in [-0.05, 0) is 90.2 Å². The molecule has 64 heavy (non-hydrogen) atoms. The van der Waals surface area contributed by atoms with Crippen LogP contribution in [0.2, 0.25) is 0 Å². The highest BCUT2D eigenvalue weighted by atomic mass is 16.3. The van der Waals surface area contributed by atoms with Gasteiger partial charge in [0, 0.05) is 44.0 Å². The quantitative estimate of drug-likeness (QED) is 0.156. The van der Waals surface area contributed by atoms with Crippen LogP contribution in [0.4, 0.5) is 0 Å². The number of fused-ring (bicyclic) bond motifs is 10. The van der Waals surface area contributed by atoms with Gasteiger partial charge in [0.1, 0.15) is 22.3 Å². The van der Waals surface area contributed by atoms with Gasteiger partial charge in [0.2, 0.25) is 0 Å². The molecule has 2 nitrogen and oxygen atoms in total. The van der Waals surface area contributed by atoms with Crippen LogP contribution in [-0.4, -0.2) is 0 Å². The van der Waals surface area contributed by atoms with E-state index in [1.807, 2.05) is 0 Å². The standard InChI is InChI=1S/C62H42O2/c1-62(2)54-32-10-7-20-42(54)47-25-14-31-53(59(47)62)58(45-23-6-5-19-41(45)48-26-15-27-49-43-21-8-11-33-55(43)63-60(48)49)52-30-13-24-46(57(52)40-36-35-38-17-3-4-18-39(38)37-40)51-29-16-28-50-44-22-9-12-34-56(44)64-61(50)51/h3-37,58H,1-2H3. The molecule has 10 aromatic carbocycles. The molecule has 0 fully saturated rings. The maximum absolute atomic E-state index is 6.82. The molecule has 0 spiro atoms. The lowest BCUT2D eigenvalue weighted by molar-refractivity contribution is 0.648. The van der Waals surface area contributed by atoms with Gasteiger partial charge in [-0.25, -0.2) is 0 Å². The molecule has 1 aliphatic carbocycles. The van der Waals surface area contributed by atoms with Gasteiger partial charge in [-0.3, -0.25) is 0 Å². The highest BCUT2D eigenvalue weighted by Crippen LogP contribution is 2.55. The van der Waals surface area contributed by atoms with Crippen molar-refractivity contribution in [1.82, 2.24) is 0 Å². The van der Waals surface area contributed by atoms with Crippen LogP contribution in [-0.2, 0) is 5.41 Å². The fourth-order valence-electron chi connectivity index (χ4n) is 11.2. The smallest absolute Gasteiger partial charge is 0.143 e. The van der Waals surface area contributed by atoms with Crippen molar-refractivity contribution in [2.75, 3.05) is 0 Å². The molecular formula is C62H42O2. The Morgan fingerprint density at radius 3 is 1.59 bits per heavy atom. The molecule has 12 aromatic rings. The number of rotatable bonds is 6. The fourth-order valence-corrected chi connectivity index (χ4v) is 11.2. The minimum atomic E-state index is -0.255. The van der Waals surface area contributed by atoms with E-state index >= 15 is 0 Å². The van der Waals surface area contributed by atoms with Crippen molar-refractivity contribution in [3.8, 4) is 44.5 Å². The van der Waals surface area contributed by atoms with E-state index in [0.29, 0.717) is 0 Å². The Bertz CT molecular complexity index is 3840. The Hall–Kier alpha value is -7.94. The lowest BCUT2D eigenvalue weighted by Gasteiger charge is -2.31. The molecule has 0 saturated carbocycles. The maximum Gasteiger partial charge on any atom is 0.143 e. The zero-order chi connectivity index (χ0) is 42.5. The van der Waals surface area contributed by atoms with Crippen LogP contribution in [0.5, 0.6) is 0 Å². The Labute approximate surface area is 371 Å². The van der Waals surface area contributed by atoms with Crippen molar-refractivity contribution in [1.29, 1.82) is 0 Å². The summed E-state index contributed by atoms with van der Waals surface area (Å²) in [4.78, 5) is 0. The van der Waals surface area contributed by atoms with Gasteiger partial charge in [0.05, 0.1) is 0 Å². The fraction of sp³-hybridized carbons (Fsp3) is 0.0645. The SMILES string of the molecule is CC1(C)c2ccccc2-c2cccc(C(c3ccccc3-c3cccc4c3oc3ccccc34)c3cccc(-c4cccc5c4oc4ccccc45)c3-c3ccc4ccccc4c3)c21. The van der Waals surface area contributed by atoms with Gasteiger partial charge in [0.15, 0.2) is 0 Å². The molecule has 302 valence electrons. The van der Waals surface area contributed by atoms with Crippen LogP contribution < -0.4 is 0 Å². The summed E-state index contributed by atoms with van der Waals surface area (Å²) in [7, 11) is 0. The molecule has 0 amide bonds. The van der Waals surface area contributed by atoms with Crippen LogP contribution >= 0.6 is 0 Å². The highest BCUT2D eigenvalue weighted by molar-refractivity contribution is 6.12. The third-order valence-corrected chi connectivity index (χ3v) is 14.0. The number of furan rings is 2. The minimum Gasteiger partial charge on any atom is -0.455 e. The topological polar surface area (TPSA) is 26.3 Å². The molecule has 0 radical (unpaired) electrons. The Morgan fingerprint density at radius 2 is 0.859 bits per heavy atom. The molecule has 13 rings (SSSR count). The summed E-state index contributed by atoms with van der Waals surface area (Å²) in [6.45, 7) is 4.81. The van der Waals surface area contributed by atoms with Crippen molar-refractivity contribution in [2.24, 2.45) is 0 Å². The van der Waals surface area contributed by atoms with E-state index in [1.54, 1.807) is 0 Å². The monoisotopic (exact) mass is 818 g/mol. The molecule has 2 heteroatoms. The van der Waals surface area contributed by atoms with Gasteiger partial charge < -0.3 is 8.83 Å². The summed E-state index contributed by atoms with van der Waals surface area (Å²) in [5, 5.41) is 6.90. The van der Waals surface area contributed by atoms with E-state index in [0.717, 1.165) is 71.7 Å². The second-order valence-electron chi connectivity index (χ2n) is 17.9. The lowest BCUT2D eigenvalue weighted by Crippen LogP contribution is -2.20. The van der Waals surface area contributed by atoms with E-state index in [-0.39, 0.29) is 11.3 Å². The minimum absolute atomic E-state index is 0.198. The first-order chi connectivity index (χ1) is 31.5. The summed E-state index contributed by atoms with van der Waals surface area (Å²) in [6.07, 6.45) is 0. The summed E-state index contributed by atoms with van der Waals surface area (Å²) in [6, 6.07) is 77.6. The number of hydrogen-bond donors (Lipinski definition) is 0. The number of hydrogen-bond acceptors (Lipinski definition) is 2. The summed E-state index contributed by atoms with van der Waals surface area (Å²) in [5.74, 6) is -0.198. The molecular weight excluding hydrogens is 777 g/mol. The summed E-state index contributed by atoms with van der Waals surface area (Å²) in [5.41, 5.74) is 19.2. The van der Waals surface area contributed by atoms with E-state index in [1.165, 1.54) is 55.3 Å². The Balaban J connectivity index is 1.16. The van der Waals surface area contributed by atoms with Crippen LogP contribution in [0.1, 0.15) is 47.6 Å². The predicted molar refractivity (Wildman–Crippen MR) is 266 cm³/mol. The molecule has 0 N–H and O–H groups in total. The molecule has 2 heterocycles. The predicted octanol–water partition coefficient (Wildman–Crippen LogP) is 17.1. The lowest BCUT2D eigenvalue weighted by atomic mass is 9.71. The van der Waals surface area contributed by atoms with E-state index < -0.39 is 0 Å². The summed E-state index contributed by atoms with van der Waals surface area (Å²) < 4.78 is 13.6. The number of para-hydroxylation sites is 4.